The van der Waals surface area contributed by atoms with Gasteiger partial charge in [0.15, 0.2) is 0 Å². The van der Waals surface area contributed by atoms with E-state index in [1.165, 1.54) is 18.2 Å². The van der Waals surface area contributed by atoms with Crippen LogP contribution in [-0.4, -0.2) is 9.97 Å². The van der Waals surface area contributed by atoms with Crippen molar-refractivity contribution in [2.75, 3.05) is 16.8 Å². The van der Waals surface area contributed by atoms with Crippen LogP contribution in [0.3, 0.4) is 0 Å². The van der Waals surface area contributed by atoms with Gasteiger partial charge in [-0.25, -0.2) is 0 Å². The molecule has 1 heterocycles. The summed E-state index contributed by atoms with van der Waals surface area (Å²) in [5.74, 6) is 0.655. The van der Waals surface area contributed by atoms with E-state index in [4.69, 9.17) is 11.5 Å². The van der Waals surface area contributed by atoms with Gasteiger partial charge in [0.1, 0.15) is 11.6 Å². The minimum Gasteiger partial charge on any atom is -0.383 e. The molecule has 0 atom stereocenters. The summed E-state index contributed by atoms with van der Waals surface area (Å²) < 4.78 is 37.2. The van der Waals surface area contributed by atoms with Gasteiger partial charge in [-0.1, -0.05) is 12.1 Å². The van der Waals surface area contributed by atoms with Crippen molar-refractivity contribution in [1.82, 2.24) is 9.97 Å². The van der Waals surface area contributed by atoms with Crippen molar-refractivity contribution >= 4 is 17.6 Å². The van der Waals surface area contributed by atoms with Crippen molar-refractivity contribution in [2.24, 2.45) is 0 Å². The zero-order chi connectivity index (χ0) is 14.8. The van der Waals surface area contributed by atoms with Gasteiger partial charge < -0.3 is 16.8 Å². The quantitative estimate of drug-likeness (QED) is 0.804. The molecule has 5 nitrogen and oxygen atoms in total. The first-order chi connectivity index (χ1) is 9.34. The minimum absolute atomic E-state index is 0.0277. The van der Waals surface area contributed by atoms with Gasteiger partial charge in [-0.05, 0) is 17.7 Å². The van der Waals surface area contributed by atoms with Gasteiger partial charge in [0.2, 0.25) is 5.95 Å². The molecular formula is C12H12F3N5. The molecule has 2 rings (SSSR count). The van der Waals surface area contributed by atoms with Crippen LogP contribution >= 0.6 is 0 Å². The van der Waals surface area contributed by atoms with Gasteiger partial charge in [0.25, 0.3) is 0 Å². The molecule has 0 saturated carbocycles. The van der Waals surface area contributed by atoms with E-state index in [9.17, 15) is 13.2 Å². The Hall–Kier alpha value is -2.51. The van der Waals surface area contributed by atoms with Crippen molar-refractivity contribution in [1.29, 1.82) is 0 Å². The monoisotopic (exact) mass is 283 g/mol. The number of rotatable bonds is 3. The van der Waals surface area contributed by atoms with E-state index in [0.29, 0.717) is 17.9 Å². The van der Waals surface area contributed by atoms with Gasteiger partial charge in [-0.2, -0.15) is 23.1 Å². The van der Waals surface area contributed by atoms with Crippen LogP contribution in [0, 0.1) is 0 Å². The Morgan fingerprint density at radius 2 is 1.70 bits per heavy atom. The molecule has 1 aromatic heterocycles. The number of benzene rings is 1. The lowest BCUT2D eigenvalue weighted by Gasteiger charge is -2.09. The lowest BCUT2D eigenvalue weighted by atomic mass is 10.1. The number of nitrogen functional groups attached to an aromatic ring is 2. The highest BCUT2D eigenvalue weighted by atomic mass is 19.4. The Labute approximate surface area is 112 Å². The van der Waals surface area contributed by atoms with Gasteiger partial charge >= 0.3 is 6.18 Å². The topological polar surface area (TPSA) is 89.8 Å². The summed E-state index contributed by atoms with van der Waals surface area (Å²) in [6.45, 7) is 0.300. The average molecular weight is 283 g/mol. The van der Waals surface area contributed by atoms with Crippen molar-refractivity contribution < 1.29 is 13.2 Å². The molecule has 0 aliphatic carbocycles. The van der Waals surface area contributed by atoms with E-state index in [1.807, 2.05) is 0 Å². The number of halogens is 3. The van der Waals surface area contributed by atoms with E-state index in [0.717, 1.165) is 12.1 Å². The smallest absolute Gasteiger partial charge is 0.383 e. The summed E-state index contributed by atoms with van der Waals surface area (Å²) >= 11 is 0. The molecular weight excluding hydrogens is 271 g/mol. The highest BCUT2D eigenvalue weighted by Gasteiger charge is 2.29. The fourth-order valence-electron chi connectivity index (χ4n) is 1.58. The first-order valence-electron chi connectivity index (χ1n) is 5.64. The van der Waals surface area contributed by atoms with E-state index >= 15 is 0 Å². The molecule has 20 heavy (non-hydrogen) atoms. The molecule has 0 unspecified atom stereocenters. The molecule has 0 spiro atoms. The Morgan fingerprint density at radius 3 is 2.25 bits per heavy atom. The predicted octanol–water partition coefficient (Wildman–Crippen LogP) is 2.27. The van der Waals surface area contributed by atoms with Crippen LogP contribution in [0.5, 0.6) is 0 Å². The average Bonchev–Trinajstić information content (AvgIpc) is 2.35. The first kappa shape index (κ1) is 13.9. The number of nitrogens with zero attached hydrogens (tertiary/aromatic N) is 2. The molecule has 106 valence electrons. The third-order valence-corrected chi connectivity index (χ3v) is 2.52. The van der Waals surface area contributed by atoms with E-state index in [-0.39, 0.29) is 11.8 Å². The summed E-state index contributed by atoms with van der Waals surface area (Å²) in [5, 5.41) is 2.91. The van der Waals surface area contributed by atoms with Crippen LogP contribution in [0.1, 0.15) is 11.1 Å². The summed E-state index contributed by atoms with van der Waals surface area (Å²) in [5.41, 5.74) is 10.9. The van der Waals surface area contributed by atoms with Crippen LogP contribution in [0.2, 0.25) is 0 Å². The molecule has 0 bridgehead atoms. The second-order valence-electron chi connectivity index (χ2n) is 4.08. The number of anilines is 3. The molecule has 8 heteroatoms. The van der Waals surface area contributed by atoms with Gasteiger partial charge in [0.05, 0.1) is 5.56 Å². The van der Waals surface area contributed by atoms with Crippen molar-refractivity contribution in [2.45, 2.75) is 12.7 Å². The molecule has 5 N–H and O–H groups in total. The number of alkyl halides is 3. The van der Waals surface area contributed by atoms with E-state index < -0.39 is 11.7 Å². The SMILES string of the molecule is Nc1cc(NCc2ccc(C(F)(F)F)cc2)nc(N)n1. The molecule has 0 aliphatic heterocycles. The Kier molecular flexibility index (Phi) is 3.64. The van der Waals surface area contributed by atoms with Crippen LogP contribution in [0.4, 0.5) is 30.8 Å². The number of aromatic nitrogens is 2. The summed E-state index contributed by atoms with van der Waals surface area (Å²) in [7, 11) is 0. The van der Waals surface area contributed by atoms with Crippen LogP contribution < -0.4 is 16.8 Å². The number of hydrogen-bond acceptors (Lipinski definition) is 5. The Bertz CT molecular complexity index is 575. The molecule has 0 saturated heterocycles. The van der Waals surface area contributed by atoms with Gasteiger partial charge in [-0.3, -0.25) is 0 Å². The second-order valence-corrected chi connectivity index (χ2v) is 4.08. The molecule has 0 fully saturated rings. The zero-order valence-electron chi connectivity index (χ0n) is 10.3. The standard InChI is InChI=1S/C12H12F3N5/c13-12(14,15)8-3-1-7(2-4-8)6-18-10-5-9(16)19-11(17)20-10/h1-5H,6H2,(H5,16,17,18,19,20). The van der Waals surface area contributed by atoms with E-state index in [1.54, 1.807) is 0 Å². The summed E-state index contributed by atoms with van der Waals surface area (Å²) in [4.78, 5) is 7.61. The van der Waals surface area contributed by atoms with Crippen molar-refractivity contribution in [3.8, 4) is 0 Å². The first-order valence-corrected chi connectivity index (χ1v) is 5.64. The number of nitrogens with two attached hydrogens (primary N) is 2. The lowest BCUT2D eigenvalue weighted by molar-refractivity contribution is -0.137. The van der Waals surface area contributed by atoms with Crippen molar-refractivity contribution in [3.63, 3.8) is 0 Å². The maximum atomic E-state index is 12.4. The third-order valence-electron chi connectivity index (χ3n) is 2.52. The molecule has 0 amide bonds. The Morgan fingerprint density at radius 1 is 1.05 bits per heavy atom. The van der Waals surface area contributed by atoms with E-state index in [2.05, 4.69) is 15.3 Å². The number of nitrogens with one attached hydrogen (secondary N) is 1. The second kappa shape index (κ2) is 5.24. The van der Waals surface area contributed by atoms with Crippen LogP contribution in [0.15, 0.2) is 30.3 Å². The lowest BCUT2D eigenvalue weighted by Crippen LogP contribution is -2.07. The fourth-order valence-corrected chi connectivity index (χ4v) is 1.58. The molecule has 0 radical (unpaired) electrons. The van der Waals surface area contributed by atoms with Crippen LogP contribution in [-0.2, 0) is 12.7 Å². The highest BCUT2D eigenvalue weighted by Crippen LogP contribution is 2.29. The van der Waals surface area contributed by atoms with Crippen molar-refractivity contribution in [3.05, 3.63) is 41.5 Å². The summed E-state index contributed by atoms with van der Waals surface area (Å²) in [6, 6.07) is 6.33. The molecule has 2 aromatic rings. The Balaban J connectivity index is 2.04. The summed E-state index contributed by atoms with van der Waals surface area (Å²) in [6.07, 6.45) is -4.33. The zero-order valence-corrected chi connectivity index (χ0v) is 10.3. The predicted molar refractivity (Wildman–Crippen MR) is 69.6 cm³/mol. The van der Waals surface area contributed by atoms with Gasteiger partial charge in [0, 0.05) is 12.6 Å². The maximum absolute atomic E-state index is 12.4. The molecule has 0 aliphatic rings. The van der Waals surface area contributed by atoms with Crippen LogP contribution in [0.25, 0.3) is 0 Å². The molecule has 1 aromatic carbocycles. The minimum atomic E-state index is -4.33. The number of hydrogen-bond donors (Lipinski definition) is 3. The largest absolute Gasteiger partial charge is 0.416 e. The highest BCUT2D eigenvalue weighted by molar-refractivity contribution is 5.48. The third kappa shape index (κ3) is 3.50. The maximum Gasteiger partial charge on any atom is 0.416 e. The fraction of sp³-hybridized carbons (Fsp3) is 0.167. The van der Waals surface area contributed by atoms with Gasteiger partial charge in [-0.15, -0.1) is 0 Å². The normalized spacial score (nSPS) is 11.3.